The predicted molar refractivity (Wildman–Crippen MR) is 73.0 cm³/mol. The van der Waals surface area contributed by atoms with Crippen molar-refractivity contribution < 1.29 is 23.9 Å². The second-order valence-corrected chi connectivity index (χ2v) is 4.70. The first kappa shape index (κ1) is 16.0. The van der Waals surface area contributed by atoms with Crippen molar-refractivity contribution in [2.45, 2.75) is 0 Å². The maximum absolute atomic E-state index is 12.6. The van der Waals surface area contributed by atoms with E-state index in [0.29, 0.717) is 5.69 Å². The fourth-order valence-electron chi connectivity index (χ4n) is 1.20. The highest BCUT2D eigenvalue weighted by Crippen LogP contribution is 2.07. The van der Waals surface area contributed by atoms with E-state index in [1.807, 2.05) is 0 Å². The lowest BCUT2D eigenvalue weighted by Gasteiger charge is -2.06. The Morgan fingerprint density at radius 1 is 1.10 bits per heavy atom. The van der Waals surface area contributed by atoms with E-state index in [-0.39, 0.29) is 18.1 Å². The Morgan fingerprint density at radius 3 is 2.35 bits per heavy atom. The van der Waals surface area contributed by atoms with Gasteiger partial charge in [-0.3, -0.25) is 14.4 Å². The summed E-state index contributed by atoms with van der Waals surface area (Å²) in [6.45, 7) is -0.232. The standard InChI is InChI=1S/C12H13FN2O4S/c13-8-1-3-9(4-2-8)15-10(16)5-14-11(17)6-20-7-12(18)19/h1-4H,5-7H2,(H,14,17)(H,15,16)(H,18,19). The van der Waals surface area contributed by atoms with Gasteiger partial charge in [0, 0.05) is 5.69 Å². The minimum atomic E-state index is -1.00. The molecule has 0 aliphatic carbocycles. The van der Waals surface area contributed by atoms with Crippen LogP contribution in [0.15, 0.2) is 24.3 Å². The van der Waals surface area contributed by atoms with Crippen LogP contribution in [0.5, 0.6) is 0 Å². The van der Waals surface area contributed by atoms with Gasteiger partial charge in [-0.15, -0.1) is 11.8 Å². The third-order valence-electron chi connectivity index (χ3n) is 2.03. The molecule has 0 saturated carbocycles. The number of carbonyl (C=O) groups excluding carboxylic acids is 2. The lowest BCUT2D eigenvalue weighted by atomic mass is 10.3. The molecular formula is C12H13FN2O4S. The summed E-state index contributed by atoms with van der Waals surface area (Å²) in [4.78, 5) is 33.0. The largest absolute Gasteiger partial charge is 0.481 e. The zero-order valence-corrected chi connectivity index (χ0v) is 11.2. The number of aliphatic carboxylic acids is 1. The van der Waals surface area contributed by atoms with E-state index in [1.165, 1.54) is 24.3 Å². The first-order valence-electron chi connectivity index (χ1n) is 5.59. The summed E-state index contributed by atoms with van der Waals surface area (Å²) in [5.41, 5.74) is 0.422. The summed E-state index contributed by atoms with van der Waals surface area (Å²) in [6.07, 6.45) is 0. The van der Waals surface area contributed by atoms with Gasteiger partial charge in [0.05, 0.1) is 18.1 Å². The number of hydrogen-bond donors (Lipinski definition) is 3. The second kappa shape index (κ2) is 8.16. The SMILES string of the molecule is O=C(O)CSCC(=O)NCC(=O)Nc1ccc(F)cc1. The molecule has 0 bridgehead atoms. The molecule has 0 spiro atoms. The fourth-order valence-corrected chi connectivity index (χ4v) is 1.76. The number of halogens is 1. The molecule has 2 amide bonds. The molecule has 3 N–H and O–H groups in total. The van der Waals surface area contributed by atoms with Crippen LogP contribution in [0.2, 0.25) is 0 Å². The number of amides is 2. The molecule has 1 rings (SSSR count). The summed E-state index contributed by atoms with van der Waals surface area (Å²) in [7, 11) is 0. The van der Waals surface area contributed by atoms with Crippen molar-refractivity contribution in [2.75, 3.05) is 23.4 Å². The smallest absolute Gasteiger partial charge is 0.313 e. The summed E-state index contributed by atoms with van der Waals surface area (Å²) >= 11 is 0.942. The van der Waals surface area contributed by atoms with Crippen molar-refractivity contribution in [3.05, 3.63) is 30.1 Å². The number of thioether (sulfide) groups is 1. The number of carbonyl (C=O) groups is 3. The Balaban J connectivity index is 2.24. The predicted octanol–water partition coefficient (Wildman–Crippen LogP) is 0.698. The van der Waals surface area contributed by atoms with E-state index >= 15 is 0 Å². The number of hydrogen-bond acceptors (Lipinski definition) is 4. The van der Waals surface area contributed by atoms with Crippen LogP contribution in [0.3, 0.4) is 0 Å². The lowest BCUT2D eigenvalue weighted by Crippen LogP contribution is -2.34. The molecule has 0 unspecified atom stereocenters. The highest BCUT2D eigenvalue weighted by atomic mass is 32.2. The Hall–Kier alpha value is -2.09. The van der Waals surface area contributed by atoms with Crippen LogP contribution in [0, 0.1) is 5.82 Å². The molecule has 0 aliphatic heterocycles. The van der Waals surface area contributed by atoms with Crippen LogP contribution in [-0.2, 0) is 14.4 Å². The highest BCUT2D eigenvalue weighted by molar-refractivity contribution is 8.00. The number of carboxylic acid groups (broad SMARTS) is 1. The molecule has 6 nitrogen and oxygen atoms in total. The van der Waals surface area contributed by atoms with Crippen molar-refractivity contribution in [3.63, 3.8) is 0 Å². The molecule has 1 aromatic rings. The van der Waals surface area contributed by atoms with Gasteiger partial charge >= 0.3 is 5.97 Å². The van der Waals surface area contributed by atoms with Gasteiger partial charge in [0.1, 0.15) is 5.82 Å². The normalized spacial score (nSPS) is 9.85. The van der Waals surface area contributed by atoms with Crippen LogP contribution in [0.4, 0.5) is 10.1 Å². The van der Waals surface area contributed by atoms with Crippen LogP contribution in [0.25, 0.3) is 0 Å². The van der Waals surface area contributed by atoms with E-state index < -0.39 is 23.6 Å². The first-order chi connectivity index (χ1) is 9.47. The Bertz CT molecular complexity index is 493. The average molecular weight is 300 g/mol. The van der Waals surface area contributed by atoms with Gasteiger partial charge in [-0.25, -0.2) is 4.39 Å². The summed E-state index contributed by atoms with van der Waals surface area (Å²) in [6, 6.07) is 5.21. The zero-order valence-electron chi connectivity index (χ0n) is 10.4. The molecule has 0 aromatic heterocycles. The first-order valence-corrected chi connectivity index (χ1v) is 6.74. The quantitative estimate of drug-likeness (QED) is 0.689. The van der Waals surface area contributed by atoms with Crippen LogP contribution < -0.4 is 10.6 Å². The van der Waals surface area contributed by atoms with E-state index in [4.69, 9.17) is 5.11 Å². The van der Waals surface area contributed by atoms with Gasteiger partial charge < -0.3 is 15.7 Å². The minimum Gasteiger partial charge on any atom is -0.481 e. The Morgan fingerprint density at radius 2 is 1.75 bits per heavy atom. The Labute approximate surface area is 118 Å². The van der Waals surface area contributed by atoms with E-state index in [9.17, 15) is 18.8 Å². The van der Waals surface area contributed by atoms with E-state index in [0.717, 1.165) is 11.8 Å². The lowest BCUT2D eigenvalue weighted by molar-refractivity contribution is -0.133. The second-order valence-electron chi connectivity index (χ2n) is 3.72. The number of nitrogens with one attached hydrogen (secondary N) is 2. The molecule has 108 valence electrons. The molecule has 0 fully saturated rings. The molecule has 0 atom stereocenters. The van der Waals surface area contributed by atoms with Gasteiger partial charge in [0.2, 0.25) is 11.8 Å². The third kappa shape index (κ3) is 6.74. The molecule has 0 radical (unpaired) electrons. The summed E-state index contributed by atoms with van der Waals surface area (Å²) < 4.78 is 12.6. The molecule has 1 aromatic carbocycles. The monoisotopic (exact) mass is 300 g/mol. The topological polar surface area (TPSA) is 95.5 Å². The molecule has 20 heavy (non-hydrogen) atoms. The molecule has 8 heteroatoms. The van der Waals surface area contributed by atoms with Crippen molar-refractivity contribution in [3.8, 4) is 0 Å². The Kier molecular flexibility index (Phi) is 6.51. The van der Waals surface area contributed by atoms with Crippen molar-refractivity contribution in [1.82, 2.24) is 5.32 Å². The number of benzene rings is 1. The zero-order chi connectivity index (χ0) is 15.0. The average Bonchev–Trinajstić information content (AvgIpc) is 2.39. The summed E-state index contributed by atoms with van der Waals surface area (Å²) in [5, 5.41) is 13.2. The van der Waals surface area contributed by atoms with Crippen LogP contribution in [0.1, 0.15) is 0 Å². The van der Waals surface area contributed by atoms with Gasteiger partial charge in [-0.2, -0.15) is 0 Å². The molecular weight excluding hydrogens is 287 g/mol. The fraction of sp³-hybridized carbons (Fsp3) is 0.250. The van der Waals surface area contributed by atoms with E-state index in [2.05, 4.69) is 10.6 Å². The summed E-state index contributed by atoms with van der Waals surface area (Å²) in [5.74, 6) is -2.49. The van der Waals surface area contributed by atoms with Gasteiger partial charge in [-0.1, -0.05) is 0 Å². The van der Waals surface area contributed by atoms with Crippen molar-refractivity contribution in [2.24, 2.45) is 0 Å². The number of carboxylic acids is 1. The maximum atomic E-state index is 12.6. The number of anilines is 1. The van der Waals surface area contributed by atoms with Crippen molar-refractivity contribution in [1.29, 1.82) is 0 Å². The molecule has 0 heterocycles. The number of rotatable bonds is 7. The highest BCUT2D eigenvalue weighted by Gasteiger charge is 2.07. The van der Waals surface area contributed by atoms with Crippen LogP contribution in [-0.4, -0.2) is 40.9 Å². The van der Waals surface area contributed by atoms with E-state index in [1.54, 1.807) is 0 Å². The van der Waals surface area contributed by atoms with Gasteiger partial charge in [0.15, 0.2) is 0 Å². The minimum absolute atomic E-state index is 0.0316. The maximum Gasteiger partial charge on any atom is 0.313 e. The van der Waals surface area contributed by atoms with Crippen LogP contribution >= 0.6 is 11.8 Å². The molecule has 0 aliphatic rings. The van der Waals surface area contributed by atoms with Gasteiger partial charge in [-0.05, 0) is 24.3 Å². The third-order valence-corrected chi connectivity index (χ3v) is 2.95. The molecule has 0 saturated heterocycles. The van der Waals surface area contributed by atoms with Crippen molar-refractivity contribution >= 4 is 35.2 Å². The van der Waals surface area contributed by atoms with Gasteiger partial charge in [0.25, 0.3) is 0 Å².